The number of carbonyl (C=O) groups excluding carboxylic acids is 1. The monoisotopic (exact) mass is 420 g/mol. The third-order valence-electron chi connectivity index (χ3n) is 3.87. The normalized spacial score (nSPS) is 12.4. The van der Waals surface area contributed by atoms with Crippen LogP contribution in [0.15, 0.2) is 79.2 Å². The molecule has 1 aromatic heterocycles. The topological polar surface area (TPSA) is 68.2 Å². The molecule has 0 fully saturated rings. The fourth-order valence-electron chi connectivity index (χ4n) is 2.51. The number of rotatable bonds is 10. The highest BCUT2D eigenvalue weighted by molar-refractivity contribution is 5.99. The summed E-state index contributed by atoms with van der Waals surface area (Å²) in [6.07, 6.45) is 4.71. The van der Waals surface area contributed by atoms with Gasteiger partial charge in [-0.3, -0.25) is 4.79 Å². The average Bonchev–Trinajstić information content (AvgIpc) is 3.21. The number of aryl methyl sites for hydroxylation is 1. The predicted octanol–water partition coefficient (Wildman–Crippen LogP) is 4.63. The molecule has 6 nitrogen and oxygen atoms in total. The van der Waals surface area contributed by atoms with E-state index in [9.17, 15) is 18.0 Å². The Bertz CT molecular complexity index is 903. The summed E-state index contributed by atoms with van der Waals surface area (Å²) < 4.78 is 42.7. The van der Waals surface area contributed by atoms with Crippen molar-refractivity contribution in [1.29, 1.82) is 0 Å². The maximum Gasteiger partial charge on any atom is 0.573 e. The number of ether oxygens (including phenoxy) is 1. The fraction of sp³-hybridized carbons (Fsp3) is 0.238. The lowest BCUT2D eigenvalue weighted by Crippen LogP contribution is -2.26. The second kappa shape index (κ2) is 10.9. The van der Waals surface area contributed by atoms with Gasteiger partial charge >= 0.3 is 6.36 Å². The molecular formula is C21H23F3N4O2. The Morgan fingerprint density at radius 3 is 2.73 bits per heavy atom. The van der Waals surface area contributed by atoms with E-state index in [1.165, 1.54) is 6.08 Å². The standard InChI is InChI=1S/C21H23F3N4O2/c1-3-17(30-21(22,23)24)10-9-16(2)27-19-8-5-4-7-18(19)20(29)26-11-6-13-28-14-12-25-15-28/h3-5,7-10,12,14-15,27H,1,6,11,13H2,2H3,(H,26,29)/b16-9+,17-10+. The number of nitrogens with zero attached hydrogens (tertiary/aromatic N) is 2. The predicted molar refractivity (Wildman–Crippen MR) is 108 cm³/mol. The Labute approximate surface area is 172 Å². The van der Waals surface area contributed by atoms with Crippen molar-refractivity contribution < 1.29 is 22.7 Å². The minimum atomic E-state index is -4.79. The number of anilines is 1. The molecule has 0 unspecified atom stereocenters. The van der Waals surface area contributed by atoms with Crippen molar-refractivity contribution in [1.82, 2.24) is 14.9 Å². The molecule has 1 aromatic carbocycles. The lowest BCUT2D eigenvalue weighted by Gasteiger charge is -2.13. The van der Waals surface area contributed by atoms with E-state index < -0.39 is 12.1 Å². The van der Waals surface area contributed by atoms with Crippen molar-refractivity contribution in [3.63, 3.8) is 0 Å². The Hall–Kier alpha value is -3.49. The van der Waals surface area contributed by atoms with E-state index in [0.29, 0.717) is 23.5 Å². The fourth-order valence-corrected chi connectivity index (χ4v) is 2.51. The molecule has 0 atom stereocenters. The Morgan fingerprint density at radius 1 is 1.30 bits per heavy atom. The highest BCUT2D eigenvalue weighted by Crippen LogP contribution is 2.22. The summed E-state index contributed by atoms with van der Waals surface area (Å²) in [5.41, 5.74) is 1.47. The van der Waals surface area contributed by atoms with E-state index in [4.69, 9.17) is 0 Å². The van der Waals surface area contributed by atoms with Gasteiger partial charge in [0, 0.05) is 31.2 Å². The summed E-state index contributed by atoms with van der Waals surface area (Å²) in [4.78, 5) is 16.5. The number of hydrogen-bond acceptors (Lipinski definition) is 4. The number of aromatic nitrogens is 2. The van der Waals surface area contributed by atoms with E-state index >= 15 is 0 Å². The molecule has 0 aliphatic carbocycles. The zero-order valence-corrected chi connectivity index (χ0v) is 16.4. The van der Waals surface area contributed by atoms with E-state index in [1.807, 2.05) is 10.8 Å². The van der Waals surface area contributed by atoms with Gasteiger partial charge in [0.2, 0.25) is 0 Å². The lowest BCUT2D eigenvalue weighted by molar-refractivity contribution is -0.303. The lowest BCUT2D eigenvalue weighted by atomic mass is 10.1. The summed E-state index contributed by atoms with van der Waals surface area (Å²) in [7, 11) is 0. The number of carbonyl (C=O) groups is 1. The van der Waals surface area contributed by atoms with E-state index in [0.717, 1.165) is 25.1 Å². The summed E-state index contributed by atoms with van der Waals surface area (Å²) in [6.45, 7) is 6.18. The molecule has 2 rings (SSSR count). The summed E-state index contributed by atoms with van der Waals surface area (Å²) in [6, 6.07) is 6.86. The molecule has 1 amide bonds. The van der Waals surface area contributed by atoms with Gasteiger partial charge in [-0.15, -0.1) is 13.2 Å². The van der Waals surface area contributed by atoms with E-state index in [1.54, 1.807) is 43.7 Å². The minimum absolute atomic E-state index is 0.251. The van der Waals surface area contributed by atoms with Crippen molar-refractivity contribution >= 4 is 11.6 Å². The molecule has 9 heteroatoms. The zero-order valence-electron chi connectivity index (χ0n) is 16.4. The van der Waals surface area contributed by atoms with Crippen LogP contribution in [0, 0.1) is 0 Å². The smallest absolute Gasteiger partial charge is 0.406 e. The number of amides is 1. The van der Waals surface area contributed by atoms with Gasteiger partial charge in [-0.2, -0.15) is 0 Å². The summed E-state index contributed by atoms with van der Waals surface area (Å²) in [5.74, 6) is -0.688. The SMILES string of the molecule is C=C/C(=C\C=C(/C)Nc1ccccc1C(=O)NCCCn1ccnc1)OC(F)(F)F. The third-order valence-corrected chi connectivity index (χ3v) is 3.87. The first-order valence-electron chi connectivity index (χ1n) is 9.15. The molecule has 0 aliphatic heterocycles. The van der Waals surface area contributed by atoms with Crippen molar-refractivity contribution in [3.05, 3.63) is 84.8 Å². The van der Waals surface area contributed by atoms with Gasteiger partial charge in [0.05, 0.1) is 17.6 Å². The molecule has 0 saturated carbocycles. The van der Waals surface area contributed by atoms with Crippen molar-refractivity contribution in [2.24, 2.45) is 0 Å². The molecule has 2 N–H and O–H groups in total. The molecule has 0 radical (unpaired) electrons. The zero-order chi connectivity index (χ0) is 22.0. The maximum atomic E-state index is 12.5. The van der Waals surface area contributed by atoms with Crippen molar-refractivity contribution in [2.75, 3.05) is 11.9 Å². The molecule has 30 heavy (non-hydrogen) atoms. The molecule has 0 aliphatic rings. The second-order valence-electron chi connectivity index (χ2n) is 6.25. The Morgan fingerprint density at radius 2 is 2.07 bits per heavy atom. The van der Waals surface area contributed by atoms with Gasteiger partial charge < -0.3 is 19.9 Å². The largest absolute Gasteiger partial charge is 0.573 e. The Balaban J connectivity index is 1.97. The number of benzene rings is 1. The first kappa shape index (κ1) is 22.8. The van der Waals surface area contributed by atoms with Crippen LogP contribution in [-0.4, -0.2) is 28.4 Å². The van der Waals surface area contributed by atoms with Crippen LogP contribution >= 0.6 is 0 Å². The van der Waals surface area contributed by atoms with Crippen LogP contribution in [0.3, 0.4) is 0 Å². The van der Waals surface area contributed by atoms with Crippen LogP contribution in [0.4, 0.5) is 18.9 Å². The average molecular weight is 420 g/mol. The van der Waals surface area contributed by atoms with Crippen LogP contribution in [0.5, 0.6) is 0 Å². The first-order valence-corrected chi connectivity index (χ1v) is 9.15. The number of nitrogens with one attached hydrogen (secondary N) is 2. The molecule has 0 saturated heterocycles. The van der Waals surface area contributed by atoms with Gasteiger partial charge in [0.1, 0.15) is 5.76 Å². The highest BCUT2D eigenvalue weighted by Gasteiger charge is 2.31. The summed E-state index contributed by atoms with van der Waals surface area (Å²) >= 11 is 0. The third kappa shape index (κ3) is 7.86. The van der Waals surface area contributed by atoms with Gasteiger partial charge in [0.15, 0.2) is 0 Å². The quantitative estimate of drug-likeness (QED) is 0.334. The molecule has 0 bridgehead atoms. The van der Waals surface area contributed by atoms with Crippen molar-refractivity contribution in [2.45, 2.75) is 26.3 Å². The van der Waals surface area contributed by atoms with Gasteiger partial charge in [0.25, 0.3) is 5.91 Å². The van der Waals surface area contributed by atoms with Crippen LogP contribution < -0.4 is 10.6 Å². The number of halogens is 3. The molecule has 2 aromatic rings. The van der Waals surface area contributed by atoms with Crippen LogP contribution in [0.1, 0.15) is 23.7 Å². The van der Waals surface area contributed by atoms with Gasteiger partial charge in [-0.05, 0) is 43.7 Å². The van der Waals surface area contributed by atoms with Crippen molar-refractivity contribution in [3.8, 4) is 0 Å². The van der Waals surface area contributed by atoms with E-state index in [-0.39, 0.29) is 5.91 Å². The highest BCUT2D eigenvalue weighted by atomic mass is 19.4. The second-order valence-corrected chi connectivity index (χ2v) is 6.25. The molecule has 1 heterocycles. The number of imidazole rings is 1. The first-order chi connectivity index (χ1) is 14.3. The van der Waals surface area contributed by atoms with Crippen LogP contribution in [-0.2, 0) is 11.3 Å². The van der Waals surface area contributed by atoms with Gasteiger partial charge in [-0.25, -0.2) is 4.98 Å². The van der Waals surface area contributed by atoms with Crippen LogP contribution in [0.2, 0.25) is 0 Å². The number of alkyl halides is 3. The summed E-state index contributed by atoms with van der Waals surface area (Å²) in [5, 5.41) is 5.88. The maximum absolute atomic E-state index is 12.5. The molecule has 0 spiro atoms. The molecular weight excluding hydrogens is 397 g/mol. The number of hydrogen-bond donors (Lipinski definition) is 2. The number of allylic oxidation sites excluding steroid dienone is 4. The Kier molecular flexibility index (Phi) is 8.28. The van der Waals surface area contributed by atoms with Crippen LogP contribution in [0.25, 0.3) is 0 Å². The van der Waals surface area contributed by atoms with Gasteiger partial charge in [-0.1, -0.05) is 18.7 Å². The molecule has 160 valence electrons. The number of para-hydroxylation sites is 1. The van der Waals surface area contributed by atoms with E-state index in [2.05, 4.69) is 26.9 Å². The minimum Gasteiger partial charge on any atom is -0.406 e.